The quantitative estimate of drug-likeness (QED) is 0.441. The molecular weight excluding hydrogens is 372 g/mol. The summed E-state index contributed by atoms with van der Waals surface area (Å²) in [7, 11) is 0. The molecule has 7 nitrogen and oxygen atoms in total. The Kier molecular flexibility index (Phi) is 4.02. The van der Waals surface area contributed by atoms with Crippen molar-refractivity contribution in [2.45, 2.75) is 6.42 Å². The number of aromatic nitrogens is 5. The lowest BCUT2D eigenvalue weighted by Gasteiger charge is -2.05. The molecule has 0 spiro atoms. The lowest BCUT2D eigenvalue weighted by atomic mass is 10.1. The van der Waals surface area contributed by atoms with E-state index in [0.717, 1.165) is 26.4 Å². The van der Waals surface area contributed by atoms with Crippen LogP contribution in [0.15, 0.2) is 61.2 Å². The summed E-state index contributed by atoms with van der Waals surface area (Å²) in [5, 5.41) is 4.10. The van der Waals surface area contributed by atoms with Crippen LogP contribution in [0.2, 0.25) is 0 Å². The van der Waals surface area contributed by atoms with Gasteiger partial charge in [-0.1, -0.05) is 30.3 Å². The van der Waals surface area contributed by atoms with Gasteiger partial charge in [-0.15, -0.1) is 11.3 Å². The second-order valence-electron chi connectivity index (χ2n) is 6.20. The summed E-state index contributed by atoms with van der Waals surface area (Å²) < 4.78 is 1.01. The molecule has 0 saturated carbocycles. The van der Waals surface area contributed by atoms with E-state index in [2.05, 4.69) is 30.2 Å². The number of nitrogens with zero attached hydrogens (tertiary/aromatic N) is 4. The third-order valence-electron chi connectivity index (χ3n) is 4.33. The van der Waals surface area contributed by atoms with Gasteiger partial charge in [-0.25, -0.2) is 19.9 Å². The summed E-state index contributed by atoms with van der Waals surface area (Å²) in [6.07, 6.45) is 3.36. The molecule has 0 bridgehead atoms. The molecule has 0 unspecified atom stereocenters. The first-order chi connectivity index (χ1) is 13.8. The predicted molar refractivity (Wildman–Crippen MR) is 109 cm³/mol. The maximum absolute atomic E-state index is 12.4. The fraction of sp³-hybridized carbons (Fsp3) is 0.0500. The van der Waals surface area contributed by atoms with Gasteiger partial charge >= 0.3 is 0 Å². The highest BCUT2D eigenvalue weighted by molar-refractivity contribution is 7.18. The molecule has 0 amide bonds. The van der Waals surface area contributed by atoms with E-state index in [-0.39, 0.29) is 5.78 Å². The fourth-order valence-corrected chi connectivity index (χ4v) is 3.99. The fourth-order valence-electron chi connectivity index (χ4n) is 2.99. The number of rotatable bonds is 5. The van der Waals surface area contributed by atoms with Crippen LogP contribution in [0, 0.1) is 0 Å². The van der Waals surface area contributed by atoms with Crippen molar-refractivity contribution in [2.24, 2.45) is 0 Å². The molecule has 0 aliphatic heterocycles. The van der Waals surface area contributed by atoms with Crippen LogP contribution >= 0.6 is 11.3 Å². The predicted octanol–water partition coefficient (Wildman–Crippen LogP) is 4.13. The van der Waals surface area contributed by atoms with Crippen LogP contribution < -0.4 is 5.32 Å². The van der Waals surface area contributed by atoms with Crippen molar-refractivity contribution >= 4 is 50.0 Å². The van der Waals surface area contributed by atoms with Crippen LogP contribution in [-0.4, -0.2) is 30.7 Å². The molecule has 0 atom stereocenters. The molecule has 136 valence electrons. The average molecular weight is 386 g/mol. The number of Topliss-reactive ketones (excluding diaryl/α,β-unsaturated/α-hetero) is 1. The second-order valence-corrected chi connectivity index (χ2v) is 7.32. The molecule has 0 fully saturated rings. The number of ketones is 1. The standard InChI is InChI=1S/C20H14N6OS/c27-15(12-4-2-1-3-5-12)9-17-26-14-7-6-13(8-16(14)28-17)25-20-18-19(22-10-21-18)23-11-24-20/h1-8,10-11H,9H2,(H2,21,22,23,24,25). The van der Waals surface area contributed by atoms with Gasteiger partial charge in [0.15, 0.2) is 17.2 Å². The van der Waals surface area contributed by atoms with Gasteiger partial charge in [0.25, 0.3) is 0 Å². The van der Waals surface area contributed by atoms with Crippen molar-refractivity contribution in [1.82, 2.24) is 24.9 Å². The van der Waals surface area contributed by atoms with Crippen molar-refractivity contribution < 1.29 is 4.79 Å². The van der Waals surface area contributed by atoms with Crippen LogP contribution in [0.5, 0.6) is 0 Å². The van der Waals surface area contributed by atoms with E-state index in [1.807, 2.05) is 48.5 Å². The maximum Gasteiger partial charge on any atom is 0.182 e. The monoisotopic (exact) mass is 386 g/mol. The Morgan fingerprint density at radius 1 is 1.07 bits per heavy atom. The highest BCUT2D eigenvalue weighted by atomic mass is 32.1. The van der Waals surface area contributed by atoms with Crippen LogP contribution in [-0.2, 0) is 6.42 Å². The summed E-state index contributed by atoms with van der Waals surface area (Å²) in [4.78, 5) is 32.6. The number of nitrogens with one attached hydrogen (secondary N) is 2. The summed E-state index contributed by atoms with van der Waals surface area (Å²) in [6, 6.07) is 15.2. The topological polar surface area (TPSA) is 96.5 Å². The summed E-state index contributed by atoms with van der Waals surface area (Å²) in [5.41, 5.74) is 3.82. The molecule has 2 aromatic carbocycles. The zero-order chi connectivity index (χ0) is 18.9. The molecule has 3 heterocycles. The van der Waals surface area contributed by atoms with E-state index in [9.17, 15) is 4.79 Å². The largest absolute Gasteiger partial charge is 0.340 e. The second kappa shape index (κ2) is 6.82. The van der Waals surface area contributed by atoms with Gasteiger partial charge in [-0.05, 0) is 18.2 Å². The Morgan fingerprint density at radius 2 is 1.96 bits per heavy atom. The van der Waals surface area contributed by atoms with Gasteiger partial charge in [0.1, 0.15) is 16.9 Å². The molecular formula is C20H14N6OS. The lowest BCUT2D eigenvalue weighted by Crippen LogP contribution is -2.02. The highest BCUT2D eigenvalue weighted by Crippen LogP contribution is 2.28. The minimum Gasteiger partial charge on any atom is -0.340 e. The Hall–Kier alpha value is -3.65. The Bertz CT molecular complexity index is 1290. The van der Waals surface area contributed by atoms with Gasteiger partial charge in [0.05, 0.1) is 23.0 Å². The molecule has 0 radical (unpaired) electrons. The SMILES string of the molecule is O=C(Cc1nc2ccc(Nc3ncnc4nc[nH]c34)cc2s1)c1ccccc1. The number of anilines is 2. The molecule has 0 aliphatic rings. The van der Waals surface area contributed by atoms with Gasteiger partial charge in [-0.2, -0.15) is 0 Å². The van der Waals surface area contributed by atoms with Gasteiger partial charge < -0.3 is 10.3 Å². The molecule has 3 aromatic heterocycles. The van der Waals surface area contributed by atoms with Crippen LogP contribution in [0.3, 0.4) is 0 Å². The van der Waals surface area contributed by atoms with Crippen molar-refractivity contribution in [3.8, 4) is 0 Å². The third-order valence-corrected chi connectivity index (χ3v) is 5.34. The maximum atomic E-state index is 12.4. The smallest absolute Gasteiger partial charge is 0.182 e. The van der Waals surface area contributed by atoms with Crippen molar-refractivity contribution in [3.05, 3.63) is 71.8 Å². The number of thiazole rings is 1. The number of hydrogen-bond donors (Lipinski definition) is 2. The molecule has 5 aromatic rings. The number of hydrogen-bond acceptors (Lipinski definition) is 7. The first-order valence-corrected chi connectivity index (χ1v) is 9.47. The molecule has 28 heavy (non-hydrogen) atoms. The molecule has 0 saturated heterocycles. The first-order valence-electron chi connectivity index (χ1n) is 8.65. The normalized spacial score (nSPS) is 11.1. The van der Waals surface area contributed by atoms with E-state index < -0.39 is 0 Å². The number of H-pyrrole nitrogens is 1. The van der Waals surface area contributed by atoms with E-state index in [1.54, 1.807) is 6.33 Å². The van der Waals surface area contributed by atoms with Crippen LogP contribution in [0.1, 0.15) is 15.4 Å². The highest BCUT2D eigenvalue weighted by Gasteiger charge is 2.12. The Morgan fingerprint density at radius 3 is 2.86 bits per heavy atom. The van der Waals surface area contributed by atoms with Crippen LogP contribution in [0.25, 0.3) is 21.4 Å². The number of fused-ring (bicyclic) bond motifs is 2. The van der Waals surface area contributed by atoms with E-state index in [1.165, 1.54) is 17.7 Å². The number of aromatic amines is 1. The number of carbonyl (C=O) groups is 1. The minimum absolute atomic E-state index is 0.0700. The molecule has 5 rings (SSSR count). The zero-order valence-electron chi connectivity index (χ0n) is 14.6. The number of carbonyl (C=O) groups excluding carboxylic acids is 1. The molecule has 0 aliphatic carbocycles. The van der Waals surface area contributed by atoms with Crippen LogP contribution in [0.4, 0.5) is 11.5 Å². The third kappa shape index (κ3) is 3.10. The summed E-state index contributed by atoms with van der Waals surface area (Å²) in [6.45, 7) is 0. The van der Waals surface area contributed by atoms with Crippen molar-refractivity contribution in [1.29, 1.82) is 0 Å². The molecule has 2 N–H and O–H groups in total. The minimum atomic E-state index is 0.0700. The zero-order valence-corrected chi connectivity index (χ0v) is 15.4. The average Bonchev–Trinajstić information content (AvgIpc) is 3.35. The van der Waals surface area contributed by atoms with E-state index >= 15 is 0 Å². The lowest BCUT2D eigenvalue weighted by molar-refractivity contribution is 0.0993. The van der Waals surface area contributed by atoms with Crippen molar-refractivity contribution in [2.75, 3.05) is 5.32 Å². The van der Waals surface area contributed by atoms with Gasteiger partial charge in [0, 0.05) is 11.3 Å². The summed E-state index contributed by atoms with van der Waals surface area (Å²) >= 11 is 1.53. The van der Waals surface area contributed by atoms with Gasteiger partial charge in [-0.3, -0.25) is 4.79 Å². The van der Waals surface area contributed by atoms with Gasteiger partial charge in [0.2, 0.25) is 0 Å². The van der Waals surface area contributed by atoms with E-state index in [0.29, 0.717) is 23.4 Å². The number of benzene rings is 2. The Labute approximate surface area is 163 Å². The summed E-state index contributed by atoms with van der Waals surface area (Å²) in [5.74, 6) is 0.728. The van der Waals surface area contributed by atoms with Crippen molar-refractivity contribution in [3.63, 3.8) is 0 Å². The first kappa shape index (κ1) is 16.5. The number of imidazole rings is 1. The van der Waals surface area contributed by atoms with E-state index in [4.69, 9.17) is 0 Å². The Balaban J connectivity index is 1.41. The molecule has 8 heteroatoms.